The Balaban J connectivity index is -0.0000000889. The molecule has 0 unspecified atom stereocenters. The van der Waals surface area contributed by atoms with Crippen LogP contribution in [0.1, 0.15) is 112 Å². The third-order valence-electron chi connectivity index (χ3n) is 5.71. The number of aliphatic hydroxyl groups excluding tert-OH is 2. The number of rotatable bonds is 17. The van der Waals surface area contributed by atoms with Crippen LogP contribution in [0.2, 0.25) is 0 Å². The van der Waals surface area contributed by atoms with Crippen molar-refractivity contribution in [3.05, 3.63) is 191 Å². The van der Waals surface area contributed by atoms with Gasteiger partial charge < -0.3 is 14.9 Å². The van der Waals surface area contributed by atoms with Crippen molar-refractivity contribution < 1.29 is 24.5 Å². The molecule has 0 spiro atoms. The van der Waals surface area contributed by atoms with Gasteiger partial charge in [-0.3, -0.25) is 9.59 Å². The molecule has 0 bridgehead atoms. The van der Waals surface area contributed by atoms with Crippen LogP contribution < -0.4 is 4.74 Å². The summed E-state index contributed by atoms with van der Waals surface area (Å²) in [6.45, 7) is 64.1. The van der Waals surface area contributed by atoms with E-state index in [9.17, 15) is 9.59 Å². The van der Waals surface area contributed by atoms with Crippen molar-refractivity contribution >= 4 is 11.6 Å². The van der Waals surface area contributed by atoms with Crippen LogP contribution in [-0.2, 0) is 0 Å². The lowest BCUT2D eigenvalue weighted by Gasteiger charge is -2.13. The molecule has 0 aliphatic carbocycles. The number of benzene rings is 2. The molecule has 314 valence electrons. The van der Waals surface area contributed by atoms with Crippen LogP contribution in [0.4, 0.5) is 0 Å². The van der Waals surface area contributed by atoms with E-state index in [0.717, 1.165) is 25.7 Å². The SMILES string of the molecule is C=C.C=C.C=C.C=C.C=C.C=C.C=C.C=C.C=C.C=C.CCCCCCCC(=O)c1ccccc1Oc1ccccc1C(=O)CCCCCCC.OCCO. The van der Waals surface area contributed by atoms with Gasteiger partial charge in [0.1, 0.15) is 11.5 Å². The fourth-order valence-corrected chi connectivity index (χ4v) is 3.74. The molecule has 0 saturated carbocycles. The summed E-state index contributed by atoms with van der Waals surface area (Å²) in [6.07, 6.45) is 12.2. The average Bonchev–Trinajstić information content (AvgIpc) is 3.30. The molecule has 5 nitrogen and oxygen atoms in total. The normalized spacial score (nSPS) is 7.35. The van der Waals surface area contributed by atoms with Gasteiger partial charge in [0.2, 0.25) is 0 Å². The molecule has 0 atom stereocenters. The number of ketones is 2. The molecule has 0 heterocycles. The van der Waals surface area contributed by atoms with Crippen molar-refractivity contribution in [2.75, 3.05) is 13.2 Å². The number of hydrogen-bond donors (Lipinski definition) is 2. The molecule has 0 aliphatic heterocycles. The molecule has 0 amide bonds. The molecular weight excluding hydrogens is 681 g/mol. The van der Waals surface area contributed by atoms with Gasteiger partial charge in [0, 0.05) is 12.8 Å². The molecular formula is C50H84O5. The van der Waals surface area contributed by atoms with Crippen LogP contribution in [0.5, 0.6) is 11.5 Å². The highest BCUT2D eigenvalue weighted by Crippen LogP contribution is 2.30. The standard InChI is InChI=1S/C28H38O3.C2H6O2.10C2H4/c1-3-5-7-9-11-19-25(29)23-17-13-15-21-27(23)31-28-22-16-14-18-24(28)26(30)20-12-10-8-6-4-2;3-1-2-4;10*1-2/h13-18,21-22H,3-12,19-20H2,1-2H3;3-4H,1-2H2;10*1-2H2. The quantitative estimate of drug-likeness (QED) is 0.0952. The minimum atomic E-state index is -0.125. The topological polar surface area (TPSA) is 83.8 Å². The van der Waals surface area contributed by atoms with Gasteiger partial charge in [-0.05, 0) is 37.1 Å². The number of carbonyl (C=O) groups is 2. The van der Waals surface area contributed by atoms with Crippen molar-refractivity contribution in [3.8, 4) is 11.5 Å². The Kier molecular flexibility index (Phi) is 119. The predicted octanol–water partition coefficient (Wildman–Crippen LogP) is 15.6. The lowest BCUT2D eigenvalue weighted by molar-refractivity contribution is 0.0972. The fraction of sp³-hybridized carbons (Fsp3) is 0.320. The smallest absolute Gasteiger partial charge is 0.166 e. The maximum atomic E-state index is 12.8. The van der Waals surface area contributed by atoms with Gasteiger partial charge in [0.25, 0.3) is 0 Å². The summed E-state index contributed by atoms with van der Waals surface area (Å²) in [5.74, 6) is 1.27. The molecule has 2 aromatic carbocycles. The average molecular weight is 765 g/mol. The van der Waals surface area contributed by atoms with E-state index in [1.807, 2.05) is 48.5 Å². The largest absolute Gasteiger partial charge is 0.456 e. The molecule has 2 aromatic rings. The highest BCUT2D eigenvalue weighted by Gasteiger charge is 2.16. The Hall–Kier alpha value is -5.10. The predicted molar refractivity (Wildman–Crippen MR) is 255 cm³/mol. The van der Waals surface area contributed by atoms with Gasteiger partial charge in [0.15, 0.2) is 11.6 Å². The summed E-state index contributed by atoms with van der Waals surface area (Å²) in [4.78, 5) is 25.6. The Labute approximate surface area is 342 Å². The van der Waals surface area contributed by atoms with Crippen molar-refractivity contribution in [3.63, 3.8) is 0 Å². The zero-order valence-electron chi connectivity index (χ0n) is 35.8. The number of ether oxygens (including phenoxy) is 1. The zero-order chi connectivity index (χ0) is 45.7. The number of unbranched alkanes of at least 4 members (excludes halogenated alkanes) is 8. The van der Waals surface area contributed by atoms with Crippen LogP contribution in [0.3, 0.4) is 0 Å². The summed E-state index contributed by atoms with van der Waals surface area (Å²) in [5.41, 5.74) is 1.19. The van der Waals surface area contributed by atoms with Gasteiger partial charge in [-0.2, -0.15) is 0 Å². The van der Waals surface area contributed by atoms with Crippen LogP contribution in [0.15, 0.2) is 180 Å². The lowest BCUT2D eigenvalue weighted by Crippen LogP contribution is -2.05. The monoisotopic (exact) mass is 765 g/mol. The van der Waals surface area contributed by atoms with E-state index in [-0.39, 0.29) is 24.8 Å². The van der Waals surface area contributed by atoms with Crippen LogP contribution in [-0.4, -0.2) is 35.0 Å². The van der Waals surface area contributed by atoms with Gasteiger partial charge >= 0.3 is 0 Å². The first-order valence-electron chi connectivity index (χ1n) is 18.2. The molecule has 0 saturated heterocycles. The van der Waals surface area contributed by atoms with Gasteiger partial charge in [-0.25, -0.2) is 0 Å². The van der Waals surface area contributed by atoms with Crippen molar-refractivity contribution in [2.45, 2.75) is 90.9 Å². The lowest BCUT2D eigenvalue weighted by atomic mass is 10.0. The Morgan fingerprint density at radius 1 is 0.418 bits per heavy atom. The summed E-state index contributed by atoms with van der Waals surface area (Å²) in [7, 11) is 0. The first-order chi connectivity index (χ1) is 27.1. The van der Waals surface area contributed by atoms with Crippen molar-refractivity contribution in [2.24, 2.45) is 0 Å². The third kappa shape index (κ3) is 55.8. The Morgan fingerprint density at radius 3 is 0.891 bits per heavy atom. The third-order valence-corrected chi connectivity index (χ3v) is 5.71. The van der Waals surface area contributed by atoms with E-state index in [1.54, 1.807) is 0 Å². The van der Waals surface area contributed by atoms with E-state index in [0.29, 0.717) is 35.5 Å². The Morgan fingerprint density at radius 2 is 0.655 bits per heavy atom. The van der Waals surface area contributed by atoms with Crippen molar-refractivity contribution in [1.29, 1.82) is 0 Å². The molecule has 0 aliphatic rings. The Bertz CT molecular complexity index is 900. The highest BCUT2D eigenvalue weighted by molar-refractivity contribution is 6.00. The second-order valence-corrected chi connectivity index (χ2v) is 8.72. The molecule has 55 heavy (non-hydrogen) atoms. The summed E-state index contributed by atoms with van der Waals surface area (Å²) >= 11 is 0. The second-order valence-electron chi connectivity index (χ2n) is 8.72. The second kappa shape index (κ2) is 87.1. The summed E-state index contributed by atoms with van der Waals surface area (Å²) in [6, 6.07) is 14.7. The van der Waals surface area contributed by atoms with E-state index >= 15 is 0 Å². The minimum Gasteiger partial charge on any atom is -0.456 e. The number of hydrogen-bond acceptors (Lipinski definition) is 5. The first-order valence-corrected chi connectivity index (χ1v) is 18.2. The molecule has 5 heteroatoms. The van der Waals surface area contributed by atoms with Crippen molar-refractivity contribution in [1.82, 2.24) is 0 Å². The van der Waals surface area contributed by atoms with E-state index in [1.165, 1.54) is 38.5 Å². The maximum absolute atomic E-state index is 12.8. The molecule has 2 rings (SSSR count). The number of carbonyl (C=O) groups excluding carboxylic acids is 2. The van der Waals surface area contributed by atoms with Crippen LogP contribution >= 0.6 is 0 Å². The van der Waals surface area contributed by atoms with Crippen LogP contribution in [0, 0.1) is 0 Å². The fourth-order valence-electron chi connectivity index (χ4n) is 3.74. The highest BCUT2D eigenvalue weighted by atomic mass is 16.5. The number of para-hydroxylation sites is 2. The molecule has 2 N–H and O–H groups in total. The van der Waals surface area contributed by atoms with E-state index < -0.39 is 0 Å². The van der Waals surface area contributed by atoms with Gasteiger partial charge in [-0.15, -0.1) is 132 Å². The van der Waals surface area contributed by atoms with E-state index in [2.05, 4.69) is 145 Å². The van der Waals surface area contributed by atoms with Gasteiger partial charge in [0.05, 0.1) is 24.3 Å². The van der Waals surface area contributed by atoms with E-state index in [4.69, 9.17) is 14.9 Å². The number of Topliss-reactive ketones (excluding diaryl/α,β-unsaturated/α-hetero) is 2. The molecule has 0 fully saturated rings. The van der Waals surface area contributed by atoms with Gasteiger partial charge in [-0.1, -0.05) is 89.5 Å². The molecule has 0 aromatic heterocycles. The first kappa shape index (κ1) is 75.0. The maximum Gasteiger partial charge on any atom is 0.166 e. The number of aliphatic hydroxyl groups is 2. The summed E-state index contributed by atoms with van der Waals surface area (Å²) < 4.78 is 6.13. The minimum absolute atomic E-state index is 0.104. The zero-order valence-corrected chi connectivity index (χ0v) is 35.8. The molecule has 0 radical (unpaired) electrons. The summed E-state index contributed by atoms with van der Waals surface area (Å²) in [5, 5.41) is 15.2. The van der Waals surface area contributed by atoms with Crippen LogP contribution in [0.25, 0.3) is 0 Å².